The van der Waals surface area contributed by atoms with Crippen molar-refractivity contribution in [1.82, 2.24) is 4.98 Å². The first kappa shape index (κ1) is 13.7. The van der Waals surface area contributed by atoms with E-state index in [-0.39, 0.29) is 0 Å². The van der Waals surface area contributed by atoms with Crippen LogP contribution in [0.3, 0.4) is 0 Å². The Hall–Kier alpha value is -0.390. The zero-order valence-corrected chi connectivity index (χ0v) is 12.1. The van der Waals surface area contributed by atoms with Crippen molar-refractivity contribution >= 4 is 50.6 Å². The lowest BCUT2D eigenvalue weighted by Gasteiger charge is -2.22. The second-order valence-electron chi connectivity index (χ2n) is 3.25. The third-order valence-corrected chi connectivity index (χ3v) is 3.09. The molecule has 1 aromatic rings. The van der Waals surface area contributed by atoms with Crippen LogP contribution in [0.5, 0.6) is 0 Å². The molecule has 88 valence electrons. The van der Waals surface area contributed by atoms with E-state index in [4.69, 9.17) is 29.6 Å². The van der Waals surface area contributed by atoms with Crippen LogP contribution in [0.25, 0.3) is 0 Å². The minimum absolute atomic E-state index is 0.517. The van der Waals surface area contributed by atoms with Crippen molar-refractivity contribution in [2.24, 2.45) is 5.73 Å². The molecule has 0 unspecified atom stereocenters. The summed E-state index contributed by atoms with van der Waals surface area (Å²) in [5.41, 5.74) is 5.49. The topological polar surface area (TPSA) is 42.1 Å². The van der Waals surface area contributed by atoms with Crippen molar-refractivity contribution < 1.29 is 0 Å². The number of nitrogens with zero attached hydrogens (tertiary/aromatic N) is 2. The van der Waals surface area contributed by atoms with Gasteiger partial charge in [0.1, 0.15) is 5.82 Å². The van der Waals surface area contributed by atoms with Crippen molar-refractivity contribution in [2.75, 3.05) is 18.0 Å². The average molecular weight is 323 g/mol. The smallest absolute Gasteiger partial charge is 0.142 e. The highest BCUT2D eigenvalue weighted by molar-refractivity contribution is 9.10. The highest BCUT2D eigenvalue weighted by Gasteiger charge is 2.10. The molecule has 0 radical (unpaired) electrons. The fourth-order valence-electron chi connectivity index (χ4n) is 1.30. The number of nitrogens with two attached hydrogens (primary N) is 1. The number of rotatable bonds is 5. The van der Waals surface area contributed by atoms with Crippen molar-refractivity contribution in [3.05, 3.63) is 21.8 Å². The van der Waals surface area contributed by atoms with Crippen LogP contribution in [0.4, 0.5) is 5.82 Å². The lowest BCUT2D eigenvalue weighted by molar-refractivity contribution is 0.817. The van der Waals surface area contributed by atoms with Gasteiger partial charge >= 0.3 is 0 Å². The molecule has 3 nitrogen and oxygen atoms in total. The SMILES string of the molecule is CCN(CCC(N)=S)c1ncc(Cl)cc1Br. The summed E-state index contributed by atoms with van der Waals surface area (Å²) in [5.74, 6) is 0.864. The average Bonchev–Trinajstić information content (AvgIpc) is 2.21. The molecule has 0 saturated carbocycles. The van der Waals surface area contributed by atoms with Gasteiger partial charge in [0.15, 0.2) is 0 Å². The van der Waals surface area contributed by atoms with Crippen molar-refractivity contribution in [1.29, 1.82) is 0 Å². The predicted octanol–water partition coefficient (Wildman–Crippen LogP) is 3.00. The van der Waals surface area contributed by atoms with Gasteiger partial charge in [0.2, 0.25) is 0 Å². The van der Waals surface area contributed by atoms with Crippen LogP contribution in [-0.2, 0) is 0 Å². The van der Waals surface area contributed by atoms with E-state index in [1.54, 1.807) is 6.20 Å². The van der Waals surface area contributed by atoms with Crippen molar-refractivity contribution in [3.63, 3.8) is 0 Å². The number of pyridine rings is 1. The van der Waals surface area contributed by atoms with Crippen LogP contribution in [0, 0.1) is 0 Å². The van der Waals surface area contributed by atoms with Crippen LogP contribution in [-0.4, -0.2) is 23.1 Å². The summed E-state index contributed by atoms with van der Waals surface area (Å²) in [6, 6.07) is 1.83. The van der Waals surface area contributed by atoms with Crippen molar-refractivity contribution in [3.8, 4) is 0 Å². The van der Waals surface area contributed by atoms with E-state index in [0.29, 0.717) is 16.4 Å². The molecule has 0 saturated heterocycles. The van der Waals surface area contributed by atoms with Crippen LogP contribution in [0.2, 0.25) is 5.02 Å². The first-order valence-corrected chi connectivity index (χ1v) is 6.46. The molecule has 0 atom stereocenters. The molecular weight excluding hydrogens is 310 g/mol. The lowest BCUT2D eigenvalue weighted by Crippen LogP contribution is -2.28. The number of halogens is 2. The molecule has 1 aromatic heterocycles. The summed E-state index contributed by atoms with van der Waals surface area (Å²) in [5, 5.41) is 0.612. The van der Waals surface area contributed by atoms with Gasteiger partial charge in [0.05, 0.1) is 14.5 Å². The second-order valence-corrected chi connectivity index (χ2v) is 5.07. The predicted molar refractivity (Wildman–Crippen MR) is 76.2 cm³/mol. The second kappa shape index (κ2) is 6.37. The Morgan fingerprint density at radius 1 is 1.69 bits per heavy atom. The Labute approximate surface area is 114 Å². The molecule has 0 amide bonds. The molecular formula is C10H13BrClN3S. The molecule has 1 heterocycles. The van der Waals surface area contributed by atoms with E-state index >= 15 is 0 Å². The van der Waals surface area contributed by atoms with Gasteiger partial charge in [0.25, 0.3) is 0 Å². The number of aromatic nitrogens is 1. The Bertz CT molecular complexity index is 386. The Kier molecular flexibility index (Phi) is 5.44. The summed E-state index contributed by atoms with van der Waals surface area (Å²) in [7, 11) is 0. The van der Waals surface area contributed by atoms with E-state index in [2.05, 4.69) is 32.7 Å². The van der Waals surface area contributed by atoms with E-state index < -0.39 is 0 Å². The highest BCUT2D eigenvalue weighted by Crippen LogP contribution is 2.26. The maximum Gasteiger partial charge on any atom is 0.142 e. The van der Waals surface area contributed by atoms with E-state index in [1.807, 2.05) is 6.07 Å². The number of thiocarbonyl (C=S) groups is 1. The van der Waals surface area contributed by atoms with Crippen molar-refractivity contribution in [2.45, 2.75) is 13.3 Å². The number of hydrogen-bond acceptors (Lipinski definition) is 3. The summed E-state index contributed by atoms with van der Waals surface area (Å²) in [6.45, 7) is 3.66. The fourth-order valence-corrected chi connectivity index (χ4v) is 2.28. The first-order chi connectivity index (χ1) is 7.54. The van der Waals surface area contributed by atoms with Gasteiger partial charge < -0.3 is 10.6 Å². The standard InChI is InChI=1S/C10H13BrClN3S/c1-2-15(4-3-9(13)16)10-8(11)5-7(12)6-14-10/h5-6H,2-4H2,1H3,(H2,13,16). The summed E-state index contributed by atoms with van der Waals surface area (Å²) >= 11 is 14.1. The molecule has 6 heteroatoms. The van der Waals surface area contributed by atoms with Crippen LogP contribution in [0.1, 0.15) is 13.3 Å². The third-order valence-electron chi connectivity index (χ3n) is 2.10. The van der Waals surface area contributed by atoms with Gasteiger partial charge in [-0.1, -0.05) is 23.8 Å². The molecule has 1 rings (SSSR count). The molecule has 0 spiro atoms. The van der Waals surface area contributed by atoms with Gasteiger partial charge in [0, 0.05) is 25.7 Å². The molecule has 2 N–H and O–H groups in total. The number of anilines is 1. The third kappa shape index (κ3) is 3.88. The molecule has 0 aliphatic heterocycles. The number of hydrogen-bond donors (Lipinski definition) is 1. The van der Waals surface area contributed by atoms with Crippen LogP contribution in [0.15, 0.2) is 16.7 Å². The zero-order valence-electron chi connectivity index (χ0n) is 8.91. The molecule has 16 heavy (non-hydrogen) atoms. The quantitative estimate of drug-likeness (QED) is 0.846. The Balaban J connectivity index is 2.82. The van der Waals surface area contributed by atoms with Gasteiger partial charge in [-0.3, -0.25) is 0 Å². The van der Waals surface area contributed by atoms with Gasteiger partial charge in [-0.05, 0) is 28.9 Å². The maximum absolute atomic E-state index is 5.84. The van der Waals surface area contributed by atoms with E-state index in [1.165, 1.54) is 0 Å². The molecule has 0 aromatic carbocycles. The molecule has 0 bridgehead atoms. The molecule has 0 aliphatic carbocycles. The summed E-state index contributed by atoms with van der Waals surface area (Å²) in [6.07, 6.45) is 2.31. The summed E-state index contributed by atoms with van der Waals surface area (Å²) < 4.78 is 0.879. The molecule has 0 aliphatic rings. The van der Waals surface area contributed by atoms with E-state index in [0.717, 1.165) is 23.4 Å². The molecule has 0 fully saturated rings. The highest BCUT2D eigenvalue weighted by atomic mass is 79.9. The van der Waals surface area contributed by atoms with Gasteiger partial charge in [-0.2, -0.15) is 0 Å². The Morgan fingerprint density at radius 3 is 2.88 bits per heavy atom. The minimum atomic E-state index is 0.517. The van der Waals surface area contributed by atoms with Crippen LogP contribution >= 0.6 is 39.7 Å². The summed E-state index contributed by atoms with van der Waals surface area (Å²) in [4.78, 5) is 6.90. The maximum atomic E-state index is 5.84. The minimum Gasteiger partial charge on any atom is -0.393 e. The Morgan fingerprint density at radius 2 is 2.38 bits per heavy atom. The monoisotopic (exact) mass is 321 g/mol. The van der Waals surface area contributed by atoms with Crippen LogP contribution < -0.4 is 10.6 Å². The van der Waals surface area contributed by atoms with Gasteiger partial charge in [-0.25, -0.2) is 4.98 Å². The first-order valence-electron chi connectivity index (χ1n) is 4.89. The fraction of sp³-hybridized carbons (Fsp3) is 0.400. The van der Waals surface area contributed by atoms with E-state index in [9.17, 15) is 0 Å². The largest absolute Gasteiger partial charge is 0.393 e. The zero-order chi connectivity index (χ0) is 12.1. The lowest BCUT2D eigenvalue weighted by atomic mass is 10.3. The normalized spacial score (nSPS) is 10.2. The van der Waals surface area contributed by atoms with Gasteiger partial charge in [-0.15, -0.1) is 0 Å².